The number of hydrogen-bond acceptors (Lipinski definition) is 13. The van der Waals surface area contributed by atoms with Gasteiger partial charge in [0.1, 0.15) is 60.0 Å². The van der Waals surface area contributed by atoms with Gasteiger partial charge in [0.25, 0.3) is 5.91 Å². The molecule has 3 N–H and O–H groups in total. The maximum absolute atomic E-state index is 14.7. The number of Topliss-reactive ketones (excluding diaryl/α,β-unsaturated/α-hetero) is 1. The number of anilines is 2. The van der Waals surface area contributed by atoms with Crippen LogP contribution < -0.4 is 24.8 Å². The second-order valence-corrected chi connectivity index (χ2v) is 15.1. The fraction of sp³-hybridized carbons (Fsp3) is 0.311. The second kappa shape index (κ2) is 19.0. The van der Waals surface area contributed by atoms with Crippen molar-refractivity contribution in [1.82, 2.24) is 14.8 Å². The SMILES string of the molecule is Cn1ncnc1[C@H]1C2=NCC(=O)c3cc(F)cc(c32)N[C@@H]1c1ccc(OCCCOCCCOc2cc(NC(=O)[C@](C)(O)COc3ccc(C#N)cc3)cc(C(F)(F)F)c2C#N)cc1. The molecule has 3 heterocycles. The van der Waals surface area contributed by atoms with E-state index in [4.69, 9.17) is 24.2 Å². The average molecular weight is 881 g/mol. The number of halogens is 4. The number of amides is 1. The van der Waals surface area contributed by atoms with Gasteiger partial charge in [-0.25, -0.2) is 9.37 Å². The third-order valence-corrected chi connectivity index (χ3v) is 10.4. The van der Waals surface area contributed by atoms with Crippen LogP contribution in [0.5, 0.6) is 17.2 Å². The largest absolute Gasteiger partial charge is 0.494 e. The summed E-state index contributed by atoms with van der Waals surface area (Å²) in [5.41, 5.74) is -1.53. The van der Waals surface area contributed by atoms with Crippen molar-refractivity contribution in [2.24, 2.45) is 12.0 Å². The van der Waals surface area contributed by atoms with Crippen LogP contribution >= 0.6 is 0 Å². The number of carbonyl (C=O) groups is 2. The highest BCUT2D eigenvalue weighted by Gasteiger charge is 2.42. The second-order valence-electron chi connectivity index (χ2n) is 15.1. The monoisotopic (exact) mass is 880 g/mol. The summed E-state index contributed by atoms with van der Waals surface area (Å²) in [4.78, 5) is 34.8. The summed E-state index contributed by atoms with van der Waals surface area (Å²) < 4.78 is 81.0. The fourth-order valence-electron chi connectivity index (χ4n) is 7.22. The van der Waals surface area contributed by atoms with Gasteiger partial charge in [0.2, 0.25) is 0 Å². The van der Waals surface area contributed by atoms with E-state index in [-0.39, 0.29) is 49.0 Å². The molecule has 1 amide bonds. The lowest BCUT2D eigenvalue weighted by Gasteiger charge is -2.37. The molecule has 0 fully saturated rings. The lowest BCUT2D eigenvalue weighted by atomic mass is 9.78. The number of nitriles is 2. The molecule has 3 atom stereocenters. The number of hydrogen-bond donors (Lipinski definition) is 3. The average Bonchev–Trinajstić information content (AvgIpc) is 3.70. The zero-order valence-corrected chi connectivity index (χ0v) is 34.4. The molecule has 64 heavy (non-hydrogen) atoms. The highest BCUT2D eigenvalue weighted by atomic mass is 19.4. The molecule has 7 rings (SSSR count). The highest BCUT2D eigenvalue weighted by Crippen LogP contribution is 2.45. The van der Waals surface area contributed by atoms with E-state index in [0.29, 0.717) is 59.8 Å². The molecule has 1 aromatic heterocycles. The molecule has 0 aliphatic carbocycles. The number of benzene rings is 4. The van der Waals surface area contributed by atoms with Gasteiger partial charge in [-0.2, -0.15) is 28.8 Å². The first kappa shape index (κ1) is 44.7. The van der Waals surface area contributed by atoms with Crippen LogP contribution in [0.4, 0.5) is 28.9 Å². The molecule has 0 saturated carbocycles. The Morgan fingerprint density at radius 3 is 2.30 bits per heavy atom. The molecular formula is C45H40F4N8O7. The molecule has 2 aliphatic rings. The third-order valence-electron chi connectivity index (χ3n) is 10.4. The van der Waals surface area contributed by atoms with Gasteiger partial charge in [-0.05, 0) is 67.1 Å². The lowest BCUT2D eigenvalue weighted by molar-refractivity contribution is -0.138. The van der Waals surface area contributed by atoms with Crippen LogP contribution in [0.1, 0.15) is 75.7 Å². The highest BCUT2D eigenvalue weighted by molar-refractivity contribution is 6.21. The van der Waals surface area contributed by atoms with Crippen molar-refractivity contribution in [3.63, 3.8) is 0 Å². The number of carbonyl (C=O) groups excluding carboxylic acids is 2. The van der Waals surface area contributed by atoms with Crippen molar-refractivity contribution in [2.45, 2.75) is 43.5 Å². The van der Waals surface area contributed by atoms with Crippen molar-refractivity contribution in [2.75, 3.05) is 50.2 Å². The Hall–Kier alpha value is -7.35. The number of nitrogens with one attached hydrogen (secondary N) is 2. The van der Waals surface area contributed by atoms with Gasteiger partial charge in [0.15, 0.2) is 11.4 Å². The van der Waals surface area contributed by atoms with Crippen LogP contribution in [0, 0.1) is 28.5 Å². The van der Waals surface area contributed by atoms with E-state index in [9.17, 15) is 37.5 Å². The van der Waals surface area contributed by atoms with Crippen LogP contribution in [0.25, 0.3) is 0 Å². The van der Waals surface area contributed by atoms with Crippen molar-refractivity contribution in [3.05, 3.63) is 124 Å². The number of aryl methyl sites for hydroxylation is 1. The quantitative estimate of drug-likeness (QED) is 0.0661. The first-order chi connectivity index (χ1) is 30.7. The molecular weight excluding hydrogens is 841 g/mol. The standard InChI is InChI=1S/C45H40F4N8O7/c1-44(60,24-64-31-9-5-26(21-50)6-10-31)43(59)55-29-19-34(45(47,48)49)33(22-51)37(20-29)63-16-4-14-61-13-3-15-62-30-11-7-27(8-12-30)40-39(42-53-25-54-57(42)2)41-38-32(36(58)23-52-41)17-28(46)18-35(38)56-40/h5-12,17-20,25,39-40,56,60H,3-4,13-16,23-24H2,1-2H3,(H,55,59)/t39-,40-,44-/m1/s1. The van der Waals surface area contributed by atoms with Crippen LogP contribution in [0.15, 0.2) is 84.1 Å². The van der Waals surface area contributed by atoms with Crippen molar-refractivity contribution in [1.29, 1.82) is 10.5 Å². The van der Waals surface area contributed by atoms with Crippen molar-refractivity contribution < 1.29 is 51.2 Å². The molecule has 2 aliphatic heterocycles. The Morgan fingerprint density at radius 2 is 1.64 bits per heavy atom. The first-order valence-electron chi connectivity index (χ1n) is 19.9. The summed E-state index contributed by atoms with van der Waals surface area (Å²) in [5, 5.41) is 39.2. The van der Waals surface area contributed by atoms with Gasteiger partial charge in [-0.15, -0.1) is 0 Å². The van der Waals surface area contributed by atoms with Crippen LogP contribution in [0.2, 0.25) is 0 Å². The normalized spacial score (nSPS) is 16.3. The van der Waals surface area contributed by atoms with E-state index in [2.05, 4.69) is 25.7 Å². The van der Waals surface area contributed by atoms with Gasteiger partial charge < -0.3 is 34.7 Å². The minimum Gasteiger partial charge on any atom is -0.494 e. The van der Waals surface area contributed by atoms with Crippen molar-refractivity contribution >= 4 is 28.8 Å². The number of alkyl halides is 3. The van der Waals surface area contributed by atoms with Crippen LogP contribution in [-0.4, -0.2) is 82.5 Å². The minimum atomic E-state index is -4.97. The molecule has 0 radical (unpaired) electrons. The Balaban J connectivity index is 0.890. The summed E-state index contributed by atoms with van der Waals surface area (Å²) in [5.74, 6) is -1.28. The number of nitrogens with zero attached hydrogens (tertiary/aromatic N) is 6. The van der Waals surface area contributed by atoms with Crippen molar-refractivity contribution in [3.8, 4) is 29.4 Å². The number of ketones is 1. The molecule has 0 saturated heterocycles. The number of aliphatic imine (C=N–C) groups is 1. The maximum atomic E-state index is 14.7. The van der Waals surface area contributed by atoms with E-state index >= 15 is 0 Å². The van der Waals surface area contributed by atoms with E-state index < -0.39 is 58.9 Å². The summed E-state index contributed by atoms with van der Waals surface area (Å²) in [6.07, 6.45) is -2.78. The van der Waals surface area contributed by atoms with E-state index in [1.165, 1.54) is 48.8 Å². The van der Waals surface area contributed by atoms with Gasteiger partial charge in [-0.3, -0.25) is 19.3 Å². The van der Waals surface area contributed by atoms with Gasteiger partial charge in [-0.1, -0.05) is 12.1 Å². The molecule has 15 nitrogen and oxygen atoms in total. The Labute approximate surface area is 363 Å². The minimum absolute atomic E-state index is 0.0999. The van der Waals surface area contributed by atoms with E-state index in [1.807, 2.05) is 18.2 Å². The summed E-state index contributed by atoms with van der Waals surface area (Å²) in [7, 11) is 1.77. The maximum Gasteiger partial charge on any atom is 0.417 e. The fourth-order valence-corrected chi connectivity index (χ4v) is 7.22. The molecule has 19 heteroatoms. The first-order valence-corrected chi connectivity index (χ1v) is 19.9. The zero-order chi connectivity index (χ0) is 45.6. The molecule has 4 aromatic carbocycles. The Morgan fingerprint density at radius 1 is 0.953 bits per heavy atom. The number of ether oxygens (including phenoxy) is 4. The van der Waals surface area contributed by atoms with Crippen LogP contribution in [-0.2, 0) is 22.8 Å². The van der Waals surface area contributed by atoms with Gasteiger partial charge >= 0.3 is 6.18 Å². The lowest BCUT2D eigenvalue weighted by Crippen LogP contribution is -2.45. The number of aliphatic hydroxyl groups is 1. The predicted molar refractivity (Wildman–Crippen MR) is 222 cm³/mol. The summed E-state index contributed by atoms with van der Waals surface area (Å²) in [6, 6.07) is 20.5. The van der Waals surface area contributed by atoms with Gasteiger partial charge in [0.05, 0.1) is 48.1 Å². The van der Waals surface area contributed by atoms with E-state index in [1.54, 1.807) is 23.9 Å². The van der Waals surface area contributed by atoms with Crippen LogP contribution in [0.3, 0.4) is 0 Å². The molecule has 0 unspecified atom stereocenters. The smallest absolute Gasteiger partial charge is 0.417 e. The Kier molecular flexibility index (Phi) is 13.2. The number of rotatable bonds is 17. The topological polar surface area (TPSA) is 206 Å². The molecule has 0 bridgehead atoms. The summed E-state index contributed by atoms with van der Waals surface area (Å²) >= 11 is 0. The molecule has 330 valence electrons. The Bertz CT molecular complexity index is 2650. The predicted octanol–water partition coefficient (Wildman–Crippen LogP) is 6.68. The zero-order valence-electron chi connectivity index (χ0n) is 34.4. The molecule has 5 aromatic rings. The van der Waals surface area contributed by atoms with E-state index in [0.717, 1.165) is 18.6 Å². The molecule has 0 spiro atoms. The third kappa shape index (κ3) is 9.96. The van der Waals surface area contributed by atoms with Gasteiger partial charge in [0, 0.05) is 61.7 Å². The summed E-state index contributed by atoms with van der Waals surface area (Å²) in [6.45, 7) is 1.11. The number of aromatic nitrogens is 3.